The van der Waals surface area contributed by atoms with E-state index in [1.807, 2.05) is 30.3 Å². The van der Waals surface area contributed by atoms with Crippen molar-refractivity contribution in [2.24, 2.45) is 11.5 Å². The zero-order valence-electron chi connectivity index (χ0n) is 11.9. The largest absolute Gasteiger partial charge is 0.480 e. The maximum absolute atomic E-state index is 11.4. The Morgan fingerprint density at radius 3 is 2.29 bits per heavy atom. The highest BCUT2D eigenvalue weighted by Crippen LogP contribution is 2.19. The maximum atomic E-state index is 11.4. The second-order valence-corrected chi connectivity index (χ2v) is 5.31. The van der Waals surface area contributed by atoms with E-state index in [2.05, 4.69) is 0 Å². The fourth-order valence-electron chi connectivity index (χ4n) is 2.16. The minimum absolute atomic E-state index is 0.244. The molecule has 1 aromatic rings. The van der Waals surface area contributed by atoms with Crippen molar-refractivity contribution in [3.05, 3.63) is 35.9 Å². The van der Waals surface area contributed by atoms with Gasteiger partial charge in [-0.05, 0) is 18.4 Å². The first-order valence-electron chi connectivity index (χ1n) is 6.90. The summed E-state index contributed by atoms with van der Waals surface area (Å²) >= 11 is 0. The van der Waals surface area contributed by atoms with Gasteiger partial charge in [0, 0.05) is 6.42 Å². The minimum Gasteiger partial charge on any atom is -0.480 e. The van der Waals surface area contributed by atoms with Crippen LogP contribution in [0.4, 0.5) is 0 Å². The molecule has 0 bridgehead atoms. The Morgan fingerprint density at radius 1 is 1.14 bits per heavy atom. The van der Waals surface area contributed by atoms with E-state index in [0.717, 1.165) is 5.56 Å². The number of unbranched alkanes of at least 4 members (excludes halogenated alkanes) is 1. The molecule has 0 aromatic heterocycles. The number of aliphatic carboxylic acids is 2. The average molecular weight is 294 g/mol. The Kier molecular flexibility index (Phi) is 6.33. The normalized spacial score (nSPS) is 15.1. The SMILES string of the molecule is N[C@H](CCCC[C@](N)(Cc1ccccc1)C(=O)O)C(=O)O. The molecular weight excluding hydrogens is 272 g/mol. The number of nitrogens with two attached hydrogens (primary N) is 2. The van der Waals surface area contributed by atoms with Crippen molar-refractivity contribution >= 4 is 11.9 Å². The van der Waals surface area contributed by atoms with Gasteiger partial charge in [-0.1, -0.05) is 43.2 Å². The minimum atomic E-state index is -1.34. The quantitative estimate of drug-likeness (QED) is 0.503. The van der Waals surface area contributed by atoms with Crippen LogP contribution >= 0.6 is 0 Å². The van der Waals surface area contributed by atoms with Crippen molar-refractivity contribution in [1.82, 2.24) is 0 Å². The van der Waals surface area contributed by atoms with Crippen LogP contribution in [0.3, 0.4) is 0 Å². The van der Waals surface area contributed by atoms with Gasteiger partial charge in [-0.2, -0.15) is 0 Å². The topological polar surface area (TPSA) is 127 Å². The zero-order valence-corrected chi connectivity index (χ0v) is 11.9. The first-order chi connectivity index (χ1) is 9.85. The summed E-state index contributed by atoms with van der Waals surface area (Å²) in [6, 6.07) is 8.30. The fraction of sp³-hybridized carbons (Fsp3) is 0.467. The van der Waals surface area contributed by atoms with Gasteiger partial charge in [0.1, 0.15) is 11.6 Å². The van der Waals surface area contributed by atoms with E-state index in [-0.39, 0.29) is 12.8 Å². The zero-order chi connectivity index (χ0) is 15.9. The molecule has 0 saturated heterocycles. The van der Waals surface area contributed by atoms with E-state index < -0.39 is 23.5 Å². The lowest BCUT2D eigenvalue weighted by Crippen LogP contribution is -2.50. The first-order valence-corrected chi connectivity index (χ1v) is 6.90. The molecule has 0 radical (unpaired) electrons. The van der Waals surface area contributed by atoms with Crippen molar-refractivity contribution in [1.29, 1.82) is 0 Å². The monoisotopic (exact) mass is 294 g/mol. The highest BCUT2D eigenvalue weighted by atomic mass is 16.4. The number of carboxylic acids is 2. The van der Waals surface area contributed by atoms with Crippen molar-refractivity contribution in [2.75, 3.05) is 0 Å². The number of hydrogen-bond donors (Lipinski definition) is 4. The molecule has 0 amide bonds. The molecule has 0 aliphatic carbocycles. The van der Waals surface area contributed by atoms with Crippen LogP contribution in [0.1, 0.15) is 31.2 Å². The summed E-state index contributed by atoms with van der Waals surface area (Å²) < 4.78 is 0. The fourth-order valence-corrected chi connectivity index (χ4v) is 2.16. The predicted octanol–water partition coefficient (Wildman–Crippen LogP) is 0.983. The van der Waals surface area contributed by atoms with Gasteiger partial charge < -0.3 is 21.7 Å². The number of carbonyl (C=O) groups is 2. The molecule has 0 fully saturated rings. The summed E-state index contributed by atoms with van der Waals surface area (Å²) in [6.45, 7) is 0. The van der Waals surface area contributed by atoms with E-state index in [9.17, 15) is 14.7 Å². The number of rotatable bonds is 9. The number of hydrogen-bond acceptors (Lipinski definition) is 4. The standard InChI is InChI=1S/C15H22N2O4/c16-12(13(18)19)8-4-5-9-15(17,14(20)21)10-11-6-2-1-3-7-11/h1-3,6-7,12H,4-5,8-10,16-17H2,(H,18,19)(H,20,21)/t12-,15+/m1/s1. The van der Waals surface area contributed by atoms with Crippen molar-refractivity contribution < 1.29 is 19.8 Å². The van der Waals surface area contributed by atoms with E-state index in [1.165, 1.54) is 0 Å². The summed E-state index contributed by atoms with van der Waals surface area (Å²) in [4.78, 5) is 22.0. The number of carboxylic acid groups (broad SMARTS) is 2. The lowest BCUT2D eigenvalue weighted by atomic mass is 9.86. The Morgan fingerprint density at radius 2 is 1.76 bits per heavy atom. The van der Waals surface area contributed by atoms with Crippen molar-refractivity contribution in [3.63, 3.8) is 0 Å². The molecule has 1 aromatic carbocycles. The Hall–Kier alpha value is -1.92. The maximum Gasteiger partial charge on any atom is 0.324 e. The van der Waals surface area contributed by atoms with Gasteiger partial charge in [-0.25, -0.2) is 0 Å². The molecule has 0 aliphatic rings. The summed E-state index contributed by atoms with van der Waals surface area (Å²) in [5, 5.41) is 18.0. The van der Waals surface area contributed by atoms with E-state index in [0.29, 0.717) is 19.3 Å². The second-order valence-electron chi connectivity index (χ2n) is 5.31. The Bertz CT molecular complexity index is 478. The third-order valence-corrected chi connectivity index (χ3v) is 3.49. The van der Waals surface area contributed by atoms with E-state index >= 15 is 0 Å². The lowest BCUT2D eigenvalue weighted by Gasteiger charge is -2.25. The van der Waals surface area contributed by atoms with Gasteiger partial charge in [-0.3, -0.25) is 9.59 Å². The molecule has 0 saturated carbocycles. The van der Waals surface area contributed by atoms with Crippen LogP contribution in [0.15, 0.2) is 30.3 Å². The molecule has 6 N–H and O–H groups in total. The third kappa shape index (κ3) is 5.53. The van der Waals surface area contributed by atoms with Crippen LogP contribution in [0.25, 0.3) is 0 Å². The van der Waals surface area contributed by atoms with Crippen LogP contribution in [0.2, 0.25) is 0 Å². The molecule has 6 heteroatoms. The molecule has 21 heavy (non-hydrogen) atoms. The van der Waals surface area contributed by atoms with Crippen LogP contribution in [0.5, 0.6) is 0 Å². The summed E-state index contributed by atoms with van der Waals surface area (Å²) in [7, 11) is 0. The first kappa shape index (κ1) is 17.1. The van der Waals surface area contributed by atoms with Crippen LogP contribution in [0, 0.1) is 0 Å². The molecule has 2 atom stereocenters. The molecule has 0 unspecified atom stereocenters. The molecule has 0 spiro atoms. The van der Waals surface area contributed by atoms with Gasteiger partial charge >= 0.3 is 11.9 Å². The molecule has 0 aliphatic heterocycles. The molecule has 1 rings (SSSR count). The Balaban J connectivity index is 2.53. The number of benzene rings is 1. The van der Waals surface area contributed by atoms with Crippen molar-refractivity contribution in [2.45, 2.75) is 43.7 Å². The molecule has 116 valence electrons. The van der Waals surface area contributed by atoms with Gasteiger partial charge in [0.05, 0.1) is 0 Å². The van der Waals surface area contributed by atoms with Gasteiger partial charge in [0.15, 0.2) is 0 Å². The van der Waals surface area contributed by atoms with Gasteiger partial charge in [0.2, 0.25) is 0 Å². The highest BCUT2D eigenvalue weighted by molar-refractivity contribution is 5.79. The lowest BCUT2D eigenvalue weighted by molar-refractivity contribution is -0.144. The summed E-state index contributed by atoms with van der Waals surface area (Å²) in [6.07, 6.45) is 1.90. The Labute approximate surface area is 123 Å². The van der Waals surface area contributed by atoms with Crippen LogP contribution in [-0.2, 0) is 16.0 Å². The molecular formula is C15H22N2O4. The van der Waals surface area contributed by atoms with Gasteiger partial charge in [-0.15, -0.1) is 0 Å². The predicted molar refractivity (Wildman–Crippen MR) is 78.8 cm³/mol. The third-order valence-electron chi connectivity index (χ3n) is 3.49. The smallest absolute Gasteiger partial charge is 0.324 e. The van der Waals surface area contributed by atoms with Crippen molar-refractivity contribution in [3.8, 4) is 0 Å². The highest BCUT2D eigenvalue weighted by Gasteiger charge is 2.33. The second kappa shape index (κ2) is 7.75. The van der Waals surface area contributed by atoms with E-state index in [1.54, 1.807) is 0 Å². The van der Waals surface area contributed by atoms with Crippen LogP contribution < -0.4 is 11.5 Å². The summed E-state index contributed by atoms with van der Waals surface area (Å²) in [5.74, 6) is -2.09. The average Bonchev–Trinajstić information content (AvgIpc) is 2.44. The summed E-state index contributed by atoms with van der Waals surface area (Å²) in [5.41, 5.74) is 10.9. The molecule has 6 nitrogen and oxygen atoms in total. The van der Waals surface area contributed by atoms with E-state index in [4.69, 9.17) is 16.6 Å². The van der Waals surface area contributed by atoms with Crippen LogP contribution in [-0.4, -0.2) is 33.7 Å². The van der Waals surface area contributed by atoms with Gasteiger partial charge in [0.25, 0.3) is 0 Å². The molecule has 0 heterocycles.